The second kappa shape index (κ2) is 5.98. The van der Waals surface area contributed by atoms with Crippen molar-refractivity contribution >= 4 is 23.3 Å². The predicted molar refractivity (Wildman–Crippen MR) is 56.4 cm³/mol. The molecular weight excluding hydrogens is 222 g/mol. The molecule has 6 heteroatoms. The number of halogens is 1. The topological polar surface area (TPSA) is 80.4 Å². The molecule has 82 valence electrons. The number of nitro groups is 1. The van der Waals surface area contributed by atoms with Crippen molar-refractivity contribution in [1.29, 1.82) is 0 Å². The minimum absolute atomic E-state index is 0.0156. The number of nitrogens with zero attached hydrogens (tertiary/aromatic N) is 1. The van der Waals surface area contributed by atoms with E-state index in [0.717, 1.165) is 12.1 Å². The van der Waals surface area contributed by atoms with Crippen molar-refractivity contribution in [3.05, 3.63) is 38.9 Å². The number of benzene rings is 1. The van der Waals surface area contributed by atoms with E-state index in [1.807, 2.05) is 13.8 Å². The van der Waals surface area contributed by atoms with Crippen LogP contribution in [0.1, 0.15) is 24.2 Å². The summed E-state index contributed by atoms with van der Waals surface area (Å²) in [5, 5.41) is 18.8. The molecule has 0 aliphatic rings. The molecule has 0 saturated heterocycles. The third-order valence-corrected chi connectivity index (χ3v) is 1.72. The minimum Gasteiger partial charge on any atom is -0.478 e. The first kappa shape index (κ1) is 13.4. The van der Waals surface area contributed by atoms with Gasteiger partial charge >= 0.3 is 5.97 Å². The maximum atomic E-state index is 10.5. The minimum atomic E-state index is -1.28. The molecule has 0 aromatic heterocycles. The number of rotatable bonds is 2. The molecule has 0 radical (unpaired) electrons. The van der Waals surface area contributed by atoms with E-state index in [4.69, 9.17) is 16.7 Å². The molecule has 0 aliphatic carbocycles. The van der Waals surface area contributed by atoms with E-state index in [9.17, 15) is 14.9 Å². The molecule has 1 aromatic carbocycles. The zero-order valence-corrected chi connectivity index (χ0v) is 8.99. The van der Waals surface area contributed by atoms with Crippen LogP contribution in [-0.4, -0.2) is 16.0 Å². The van der Waals surface area contributed by atoms with Crippen molar-refractivity contribution in [2.75, 3.05) is 0 Å². The number of non-ortho nitro benzene ring substituents is 1. The van der Waals surface area contributed by atoms with E-state index in [1.165, 1.54) is 6.07 Å². The molecule has 0 unspecified atom stereocenters. The molecule has 0 heterocycles. The van der Waals surface area contributed by atoms with E-state index in [2.05, 4.69) is 0 Å². The van der Waals surface area contributed by atoms with Gasteiger partial charge < -0.3 is 5.11 Å². The Hall–Kier alpha value is -1.62. The molecule has 0 saturated carbocycles. The zero-order valence-electron chi connectivity index (χ0n) is 8.23. The number of nitro benzene ring substituents is 1. The van der Waals surface area contributed by atoms with E-state index in [0.29, 0.717) is 0 Å². The normalized spacial score (nSPS) is 8.73. The summed E-state index contributed by atoms with van der Waals surface area (Å²) in [6.07, 6.45) is 0. The highest BCUT2D eigenvalue weighted by Gasteiger charge is 2.14. The molecular formula is C9H10ClNO4. The summed E-state index contributed by atoms with van der Waals surface area (Å²) in [4.78, 5) is 20.1. The highest BCUT2D eigenvalue weighted by atomic mass is 35.5. The van der Waals surface area contributed by atoms with E-state index in [-0.39, 0.29) is 16.3 Å². The van der Waals surface area contributed by atoms with Gasteiger partial charge in [-0.3, -0.25) is 10.1 Å². The fourth-order valence-corrected chi connectivity index (χ4v) is 0.989. The largest absolute Gasteiger partial charge is 0.478 e. The van der Waals surface area contributed by atoms with Crippen LogP contribution in [0.25, 0.3) is 0 Å². The zero-order chi connectivity index (χ0) is 12.0. The highest BCUT2D eigenvalue weighted by Crippen LogP contribution is 2.21. The van der Waals surface area contributed by atoms with Gasteiger partial charge in [0.15, 0.2) is 0 Å². The lowest BCUT2D eigenvalue weighted by atomic mass is 10.2. The SMILES string of the molecule is CC.O=C(O)c1cc([N+](=O)[O-])ccc1Cl. The Bertz CT molecular complexity index is 378. The third kappa shape index (κ3) is 3.55. The average Bonchev–Trinajstić information content (AvgIpc) is 2.20. The summed E-state index contributed by atoms with van der Waals surface area (Å²) >= 11 is 5.49. The first-order chi connectivity index (χ1) is 7.02. The van der Waals surface area contributed by atoms with Crippen LogP contribution in [0, 0.1) is 10.1 Å². The Morgan fingerprint density at radius 2 is 2.00 bits per heavy atom. The Morgan fingerprint density at radius 1 is 1.47 bits per heavy atom. The molecule has 1 rings (SSSR count). The lowest BCUT2D eigenvalue weighted by Crippen LogP contribution is -1.98. The van der Waals surface area contributed by atoms with Gasteiger partial charge in [-0.05, 0) is 6.07 Å². The monoisotopic (exact) mass is 231 g/mol. The van der Waals surface area contributed by atoms with Crippen molar-refractivity contribution in [1.82, 2.24) is 0 Å². The lowest BCUT2D eigenvalue weighted by molar-refractivity contribution is -0.384. The van der Waals surface area contributed by atoms with Crippen molar-refractivity contribution in [3.8, 4) is 0 Å². The van der Waals surface area contributed by atoms with Gasteiger partial charge in [-0.25, -0.2) is 4.79 Å². The standard InChI is InChI=1S/C7H4ClNO4.C2H6/c8-6-2-1-4(9(12)13)3-5(6)7(10)11;1-2/h1-3H,(H,10,11);1-2H3. The number of carbonyl (C=O) groups is 1. The maximum Gasteiger partial charge on any atom is 0.337 e. The average molecular weight is 232 g/mol. The number of carboxylic acids is 1. The molecule has 1 aromatic rings. The molecule has 15 heavy (non-hydrogen) atoms. The van der Waals surface area contributed by atoms with Crippen LogP contribution in [0.3, 0.4) is 0 Å². The van der Waals surface area contributed by atoms with Crippen molar-refractivity contribution in [2.45, 2.75) is 13.8 Å². The third-order valence-electron chi connectivity index (χ3n) is 1.39. The van der Waals surface area contributed by atoms with Crippen molar-refractivity contribution in [2.24, 2.45) is 0 Å². The molecule has 0 spiro atoms. The van der Waals surface area contributed by atoms with Crippen molar-refractivity contribution in [3.63, 3.8) is 0 Å². The molecule has 5 nitrogen and oxygen atoms in total. The van der Waals surface area contributed by atoms with E-state index < -0.39 is 10.9 Å². The summed E-state index contributed by atoms with van der Waals surface area (Å²) in [6, 6.07) is 3.25. The maximum absolute atomic E-state index is 10.5. The first-order valence-electron chi connectivity index (χ1n) is 4.19. The molecule has 0 atom stereocenters. The Balaban J connectivity index is 0.000000921. The van der Waals surface area contributed by atoms with Gasteiger partial charge in [-0.2, -0.15) is 0 Å². The van der Waals surface area contributed by atoms with Gasteiger partial charge in [-0.1, -0.05) is 25.4 Å². The summed E-state index contributed by atoms with van der Waals surface area (Å²) in [7, 11) is 0. The molecule has 0 fully saturated rings. The van der Waals surface area contributed by atoms with Gasteiger partial charge in [0, 0.05) is 12.1 Å². The Labute approximate surface area is 91.4 Å². The van der Waals surface area contributed by atoms with Crippen LogP contribution < -0.4 is 0 Å². The smallest absolute Gasteiger partial charge is 0.337 e. The fraction of sp³-hybridized carbons (Fsp3) is 0.222. The number of hydrogen-bond donors (Lipinski definition) is 1. The van der Waals surface area contributed by atoms with Gasteiger partial charge in [0.05, 0.1) is 15.5 Å². The van der Waals surface area contributed by atoms with E-state index >= 15 is 0 Å². The van der Waals surface area contributed by atoms with Crippen LogP contribution in [0.5, 0.6) is 0 Å². The first-order valence-corrected chi connectivity index (χ1v) is 4.57. The molecule has 0 amide bonds. The summed E-state index contributed by atoms with van der Waals surface area (Å²) < 4.78 is 0. The van der Waals surface area contributed by atoms with Gasteiger partial charge in [0.25, 0.3) is 5.69 Å². The van der Waals surface area contributed by atoms with Crippen LogP contribution in [0.15, 0.2) is 18.2 Å². The van der Waals surface area contributed by atoms with E-state index in [1.54, 1.807) is 0 Å². The van der Waals surface area contributed by atoms with Gasteiger partial charge in [0.1, 0.15) is 0 Å². The Kier molecular flexibility index (Phi) is 5.33. The van der Waals surface area contributed by atoms with Crippen LogP contribution in [0.4, 0.5) is 5.69 Å². The molecule has 0 bridgehead atoms. The van der Waals surface area contributed by atoms with Crippen molar-refractivity contribution < 1.29 is 14.8 Å². The number of aromatic carboxylic acids is 1. The van der Waals surface area contributed by atoms with Crippen LogP contribution >= 0.6 is 11.6 Å². The molecule has 0 aliphatic heterocycles. The summed E-state index contributed by atoms with van der Waals surface area (Å²) in [5.41, 5.74) is -0.558. The second-order valence-corrected chi connectivity index (χ2v) is 2.63. The molecule has 1 N–H and O–H groups in total. The van der Waals surface area contributed by atoms with Crippen LogP contribution in [0.2, 0.25) is 5.02 Å². The van der Waals surface area contributed by atoms with Gasteiger partial charge in [0.2, 0.25) is 0 Å². The summed E-state index contributed by atoms with van der Waals surface area (Å²) in [6.45, 7) is 4.00. The quantitative estimate of drug-likeness (QED) is 0.627. The fourth-order valence-electron chi connectivity index (χ4n) is 0.791. The Morgan fingerprint density at radius 3 is 2.40 bits per heavy atom. The number of carboxylic acid groups (broad SMARTS) is 1. The predicted octanol–water partition coefficient (Wildman–Crippen LogP) is 2.97. The van der Waals surface area contributed by atoms with Gasteiger partial charge in [-0.15, -0.1) is 0 Å². The number of hydrogen-bond acceptors (Lipinski definition) is 3. The highest BCUT2D eigenvalue weighted by molar-refractivity contribution is 6.33. The van der Waals surface area contributed by atoms with Crippen LogP contribution in [-0.2, 0) is 0 Å². The second-order valence-electron chi connectivity index (χ2n) is 2.23. The lowest BCUT2D eigenvalue weighted by Gasteiger charge is -1.97. The summed E-state index contributed by atoms with van der Waals surface area (Å²) in [5.74, 6) is -1.28.